The quantitative estimate of drug-likeness (QED) is 0.737. The van der Waals surface area contributed by atoms with E-state index in [0.29, 0.717) is 19.7 Å². The van der Waals surface area contributed by atoms with E-state index in [4.69, 9.17) is 9.47 Å². The number of nitrogens with one attached hydrogen (secondary N) is 2. The minimum absolute atomic E-state index is 0.144. The third-order valence-electron chi connectivity index (χ3n) is 2.86. The van der Waals surface area contributed by atoms with E-state index in [-0.39, 0.29) is 12.1 Å². The van der Waals surface area contributed by atoms with Gasteiger partial charge in [0.05, 0.1) is 12.7 Å². The van der Waals surface area contributed by atoms with E-state index >= 15 is 0 Å². The Morgan fingerprint density at radius 2 is 2.00 bits per heavy atom. The Labute approximate surface area is 114 Å². The number of amides is 2. The second-order valence-electron chi connectivity index (χ2n) is 4.21. The number of rotatable bonds is 7. The first-order valence-corrected chi connectivity index (χ1v) is 6.28. The first-order chi connectivity index (χ1) is 9.19. The third kappa shape index (κ3) is 5.28. The molecule has 1 aromatic rings. The van der Waals surface area contributed by atoms with E-state index < -0.39 is 0 Å². The van der Waals surface area contributed by atoms with Crippen LogP contribution in [-0.4, -0.2) is 39.9 Å². The van der Waals surface area contributed by atoms with Crippen molar-refractivity contribution in [2.45, 2.75) is 13.0 Å². The van der Waals surface area contributed by atoms with Crippen LogP contribution in [0.5, 0.6) is 0 Å². The van der Waals surface area contributed by atoms with E-state index in [9.17, 15) is 4.79 Å². The Kier molecular flexibility index (Phi) is 6.92. The van der Waals surface area contributed by atoms with Gasteiger partial charge in [0.2, 0.25) is 0 Å². The number of hydrogen-bond acceptors (Lipinski definition) is 3. The van der Waals surface area contributed by atoms with Gasteiger partial charge in [-0.3, -0.25) is 0 Å². The molecule has 0 spiro atoms. The minimum Gasteiger partial charge on any atom is -0.383 e. The third-order valence-corrected chi connectivity index (χ3v) is 2.86. The Balaban J connectivity index is 2.45. The lowest BCUT2D eigenvalue weighted by Gasteiger charge is -2.18. The first kappa shape index (κ1) is 15.5. The fourth-order valence-corrected chi connectivity index (χ4v) is 1.78. The maximum absolute atomic E-state index is 11.5. The smallest absolute Gasteiger partial charge is 0.314 e. The van der Waals surface area contributed by atoms with E-state index in [2.05, 4.69) is 10.6 Å². The number of benzene rings is 1. The molecule has 1 rings (SSSR count). The molecule has 0 fully saturated rings. The first-order valence-electron chi connectivity index (χ1n) is 6.28. The van der Waals surface area contributed by atoms with Crippen molar-refractivity contribution in [2.24, 2.45) is 0 Å². The van der Waals surface area contributed by atoms with Crippen molar-refractivity contribution in [3.8, 4) is 0 Å². The van der Waals surface area contributed by atoms with Crippen molar-refractivity contribution in [1.29, 1.82) is 0 Å². The van der Waals surface area contributed by atoms with Crippen LogP contribution in [0.1, 0.15) is 17.2 Å². The molecular weight excluding hydrogens is 244 g/mol. The number of hydrogen-bond donors (Lipinski definition) is 2. The molecule has 1 aromatic carbocycles. The molecule has 106 valence electrons. The molecule has 5 nitrogen and oxygen atoms in total. The van der Waals surface area contributed by atoms with Gasteiger partial charge in [-0.15, -0.1) is 0 Å². The van der Waals surface area contributed by atoms with Crippen LogP contribution in [0.15, 0.2) is 24.3 Å². The molecule has 0 aliphatic carbocycles. The number of ether oxygens (including phenoxy) is 2. The summed E-state index contributed by atoms with van der Waals surface area (Å²) in [7, 11) is 3.24. The van der Waals surface area contributed by atoms with Crippen LogP contribution in [-0.2, 0) is 9.47 Å². The van der Waals surface area contributed by atoms with Gasteiger partial charge in [-0.05, 0) is 18.1 Å². The Morgan fingerprint density at radius 1 is 1.26 bits per heavy atom. The van der Waals surface area contributed by atoms with E-state index in [1.807, 2.05) is 31.2 Å². The molecule has 0 bridgehead atoms. The molecule has 0 aromatic heterocycles. The van der Waals surface area contributed by atoms with Crippen molar-refractivity contribution in [1.82, 2.24) is 10.6 Å². The zero-order valence-corrected chi connectivity index (χ0v) is 11.7. The van der Waals surface area contributed by atoms with Gasteiger partial charge in [-0.1, -0.05) is 24.3 Å². The summed E-state index contributed by atoms with van der Waals surface area (Å²) >= 11 is 0. The second kappa shape index (κ2) is 8.50. The molecule has 2 N–H and O–H groups in total. The van der Waals surface area contributed by atoms with Crippen LogP contribution in [0.3, 0.4) is 0 Å². The Hall–Kier alpha value is -1.59. The summed E-state index contributed by atoms with van der Waals surface area (Å²) in [5.41, 5.74) is 2.23. The second-order valence-corrected chi connectivity index (χ2v) is 4.21. The summed E-state index contributed by atoms with van der Waals surface area (Å²) in [6.45, 7) is 3.45. The minimum atomic E-state index is -0.215. The average molecular weight is 266 g/mol. The summed E-state index contributed by atoms with van der Waals surface area (Å²) < 4.78 is 10.3. The topological polar surface area (TPSA) is 59.6 Å². The van der Waals surface area contributed by atoms with Crippen molar-refractivity contribution in [3.63, 3.8) is 0 Å². The van der Waals surface area contributed by atoms with Crippen LogP contribution in [0.25, 0.3) is 0 Å². The standard InChI is InChI=1S/C14H22N2O3/c1-11-6-4-5-7-12(11)13(19-3)10-16-14(17)15-8-9-18-2/h4-7,13H,8-10H2,1-3H3,(H2,15,16,17). The maximum atomic E-state index is 11.5. The molecule has 0 radical (unpaired) electrons. The van der Waals surface area contributed by atoms with Crippen molar-refractivity contribution in [2.75, 3.05) is 33.9 Å². The van der Waals surface area contributed by atoms with E-state index in [1.165, 1.54) is 0 Å². The van der Waals surface area contributed by atoms with Gasteiger partial charge in [0.15, 0.2) is 0 Å². The molecule has 0 heterocycles. The highest BCUT2D eigenvalue weighted by molar-refractivity contribution is 5.73. The Bertz CT molecular complexity index is 396. The van der Waals surface area contributed by atoms with Crippen LogP contribution in [0, 0.1) is 6.92 Å². The summed E-state index contributed by atoms with van der Waals surface area (Å²) in [6.07, 6.45) is -0.144. The van der Waals surface area contributed by atoms with Crippen LogP contribution in [0.4, 0.5) is 4.79 Å². The summed E-state index contributed by atoms with van der Waals surface area (Å²) in [5, 5.41) is 5.49. The lowest BCUT2D eigenvalue weighted by molar-refractivity contribution is 0.103. The molecule has 1 atom stereocenters. The number of methoxy groups -OCH3 is 2. The normalized spacial score (nSPS) is 11.9. The molecule has 0 saturated carbocycles. The van der Waals surface area contributed by atoms with Crippen molar-refractivity contribution >= 4 is 6.03 Å². The maximum Gasteiger partial charge on any atom is 0.314 e. The van der Waals surface area contributed by atoms with Gasteiger partial charge in [0, 0.05) is 27.3 Å². The van der Waals surface area contributed by atoms with Gasteiger partial charge in [-0.25, -0.2) is 4.79 Å². The molecule has 0 saturated heterocycles. The SMILES string of the molecule is COCCNC(=O)NCC(OC)c1ccccc1C. The number of carbonyl (C=O) groups is 1. The summed E-state index contributed by atoms with van der Waals surface area (Å²) in [4.78, 5) is 11.5. The summed E-state index contributed by atoms with van der Waals surface area (Å²) in [5.74, 6) is 0. The number of aryl methyl sites for hydroxylation is 1. The van der Waals surface area contributed by atoms with Gasteiger partial charge in [0.25, 0.3) is 0 Å². The molecule has 19 heavy (non-hydrogen) atoms. The zero-order valence-electron chi connectivity index (χ0n) is 11.7. The van der Waals surface area contributed by atoms with Crippen LogP contribution in [0.2, 0.25) is 0 Å². The molecular formula is C14H22N2O3. The zero-order chi connectivity index (χ0) is 14.1. The van der Waals surface area contributed by atoms with Gasteiger partial charge in [0.1, 0.15) is 0 Å². The lowest BCUT2D eigenvalue weighted by atomic mass is 10.0. The largest absolute Gasteiger partial charge is 0.383 e. The fraction of sp³-hybridized carbons (Fsp3) is 0.500. The average Bonchev–Trinajstić information content (AvgIpc) is 2.41. The van der Waals surface area contributed by atoms with E-state index in [1.54, 1.807) is 14.2 Å². The summed E-state index contributed by atoms with van der Waals surface area (Å²) in [6, 6.07) is 7.77. The molecule has 0 aliphatic rings. The highest BCUT2D eigenvalue weighted by Gasteiger charge is 2.13. The lowest BCUT2D eigenvalue weighted by Crippen LogP contribution is -2.39. The molecule has 5 heteroatoms. The predicted octanol–water partition coefficient (Wildman–Crippen LogP) is 1.63. The van der Waals surface area contributed by atoms with Crippen LogP contribution < -0.4 is 10.6 Å². The molecule has 0 aliphatic heterocycles. The fourth-order valence-electron chi connectivity index (χ4n) is 1.78. The van der Waals surface area contributed by atoms with Gasteiger partial charge in [-0.2, -0.15) is 0 Å². The molecule has 1 unspecified atom stereocenters. The van der Waals surface area contributed by atoms with Gasteiger partial charge < -0.3 is 20.1 Å². The Morgan fingerprint density at radius 3 is 2.63 bits per heavy atom. The highest BCUT2D eigenvalue weighted by atomic mass is 16.5. The number of carbonyl (C=O) groups excluding carboxylic acids is 1. The van der Waals surface area contributed by atoms with Crippen LogP contribution >= 0.6 is 0 Å². The highest BCUT2D eigenvalue weighted by Crippen LogP contribution is 2.19. The number of urea groups is 1. The molecule has 2 amide bonds. The predicted molar refractivity (Wildman–Crippen MR) is 74.2 cm³/mol. The van der Waals surface area contributed by atoms with E-state index in [0.717, 1.165) is 11.1 Å². The van der Waals surface area contributed by atoms with Crippen molar-refractivity contribution in [3.05, 3.63) is 35.4 Å². The van der Waals surface area contributed by atoms with Crippen molar-refractivity contribution < 1.29 is 14.3 Å². The monoisotopic (exact) mass is 266 g/mol. The van der Waals surface area contributed by atoms with Gasteiger partial charge >= 0.3 is 6.03 Å².